The van der Waals surface area contributed by atoms with Crippen LogP contribution in [0.25, 0.3) is 11.1 Å². The van der Waals surface area contributed by atoms with Gasteiger partial charge in [-0.15, -0.1) is 0 Å². The lowest BCUT2D eigenvalue weighted by Gasteiger charge is -2.16. The van der Waals surface area contributed by atoms with E-state index in [2.05, 4.69) is 0 Å². The second kappa shape index (κ2) is 5.82. The number of anilines is 1. The van der Waals surface area contributed by atoms with Crippen molar-refractivity contribution in [3.63, 3.8) is 0 Å². The maximum absolute atomic E-state index is 12.4. The minimum Gasteiger partial charge on any atom is -0.399 e. The van der Waals surface area contributed by atoms with Crippen molar-refractivity contribution in [3.05, 3.63) is 54.1 Å². The Labute approximate surface area is 111 Å². The lowest BCUT2D eigenvalue weighted by atomic mass is 9.99. The summed E-state index contributed by atoms with van der Waals surface area (Å²) in [4.78, 5) is 0. The second-order valence-corrected chi connectivity index (χ2v) is 4.51. The molecule has 0 unspecified atom stereocenters. The summed E-state index contributed by atoms with van der Waals surface area (Å²) in [7, 11) is 0. The topological polar surface area (TPSA) is 72.3 Å². The Hall–Kier alpha value is -1.91. The van der Waals surface area contributed by atoms with E-state index in [1.165, 1.54) is 0 Å². The summed E-state index contributed by atoms with van der Waals surface area (Å²) in [6.07, 6.45) is -0.981. The molecule has 4 heteroatoms. The van der Waals surface area contributed by atoms with Crippen molar-refractivity contribution in [2.45, 2.75) is 12.1 Å². The van der Waals surface area contributed by atoms with Crippen molar-refractivity contribution in [3.8, 4) is 11.1 Å². The van der Waals surface area contributed by atoms with Crippen molar-refractivity contribution in [2.24, 2.45) is 5.73 Å². The summed E-state index contributed by atoms with van der Waals surface area (Å²) in [6.45, 7) is -0.749. The van der Waals surface area contributed by atoms with Crippen LogP contribution in [-0.2, 0) is 0 Å². The lowest BCUT2D eigenvalue weighted by Crippen LogP contribution is -2.30. The maximum Gasteiger partial charge on any atom is 0.107 e. The van der Waals surface area contributed by atoms with Crippen molar-refractivity contribution in [1.82, 2.24) is 0 Å². The van der Waals surface area contributed by atoms with Crippen molar-refractivity contribution >= 4 is 5.69 Å². The molecule has 0 bridgehead atoms. The fraction of sp³-hybridized carbons (Fsp3) is 0.200. The van der Waals surface area contributed by atoms with Gasteiger partial charge in [-0.1, -0.05) is 36.4 Å². The highest BCUT2D eigenvalue weighted by Crippen LogP contribution is 2.23. The van der Waals surface area contributed by atoms with Crippen LogP contribution in [0, 0.1) is 0 Å². The standard InChI is InChI=1S/C15H17FN2O/c16-9-14(18)15(19)12-3-1-10(2-4-12)11-5-7-13(17)8-6-11/h1-8,14-15,19H,9,17-18H2/t14-,15-/m1/s1. The van der Waals surface area contributed by atoms with E-state index in [1.54, 1.807) is 12.1 Å². The lowest BCUT2D eigenvalue weighted by molar-refractivity contribution is 0.132. The Balaban J connectivity index is 2.21. The molecule has 0 heterocycles. The highest BCUT2D eigenvalue weighted by atomic mass is 19.1. The minimum atomic E-state index is -0.981. The predicted molar refractivity (Wildman–Crippen MR) is 75.2 cm³/mol. The molecule has 0 aromatic heterocycles. The number of nitrogen functional groups attached to an aromatic ring is 1. The average molecular weight is 260 g/mol. The van der Waals surface area contributed by atoms with E-state index in [-0.39, 0.29) is 0 Å². The van der Waals surface area contributed by atoms with Crippen LogP contribution in [0.3, 0.4) is 0 Å². The van der Waals surface area contributed by atoms with Crippen LogP contribution < -0.4 is 11.5 Å². The fourth-order valence-electron chi connectivity index (χ4n) is 1.88. The molecule has 0 aliphatic carbocycles. The van der Waals surface area contributed by atoms with Crippen molar-refractivity contribution < 1.29 is 9.50 Å². The molecule has 3 nitrogen and oxygen atoms in total. The number of halogens is 1. The van der Waals surface area contributed by atoms with Crippen LogP contribution in [0.1, 0.15) is 11.7 Å². The molecule has 2 aromatic carbocycles. The van der Waals surface area contributed by atoms with Gasteiger partial charge in [0.15, 0.2) is 0 Å². The zero-order valence-electron chi connectivity index (χ0n) is 10.5. The second-order valence-electron chi connectivity index (χ2n) is 4.51. The number of nitrogens with two attached hydrogens (primary N) is 2. The van der Waals surface area contributed by atoms with E-state index >= 15 is 0 Å². The van der Waals surface area contributed by atoms with Gasteiger partial charge in [0, 0.05) is 5.69 Å². The van der Waals surface area contributed by atoms with Crippen molar-refractivity contribution in [2.75, 3.05) is 12.4 Å². The van der Waals surface area contributed by atoms with E-state index in [4.69, 9.17) is 11.5 Å². The first kappa shape index (κ1) is 13.5. The Kier molecular flexibility index (Phi) is 4.14. The van der Waals surface area contributed by atoms with Crippen LogP contribution in [0.4, 0.5) is 10.1 Å². The van der Waals surface area contributed by atoms with E-state index in [0.29, 0.717) is 11.3 Å². The molecule has 100 valence electrons. The summed E-state index contributed by atoms with van der Waals surface area (Å²) >= 11 is 0. The summed E-state index contributed by atoms with van der Waals surface area (Å²) in [6, 6.07) is 13.9. The molecule has 0 spiro atoms. The van der Waals surface area contributed by atoms with Gasteiger partial charge < -0.3 is 16.6 Å². The molecule has 2 rings (SSSR count). The van der Waals surface area contributed by atoms with Gasteiger partial charge in [-0.25, -0.2) is 4.39 Å². The molecule has 2 aromatic rings. The number of hydrogen-bond acceptors (Lipinski definition) is 3. The van der Waals surface area contributed by atoms with E-state index in [9.17, 15) is 9.50 Å². The number of aliphatic hydroxyl groups is 1. The van der Waals surface area contributed by atoms with Crippen molar-refractivity contribution in [1.29, 1.82) is 0 Å². The third-order valence-electron chi connectivity index (χ3n) is 3.08. The molecule has 0 radical (unpaired) electrons. The fourth-order valence-corrected chi connectivity index (χ4v) is 1.88. The average Bonchev–Trinajstić information content (AvgIpc) is 2.46. The Morgan fingerprint density at radius 3 is 1.89 bits per heavy atom. The third kappa shape index (κ3) is 3.10. The summed E-state index contributed by atoms with van der Waals surface area (Å²) in [5.74, 6) is 0. The monoisotopic (exact) mass is 260 g/mol. The molecule has 0 fully saturated rings. The van der Waals surface area contributed by atoms with Gasteiger partial charge in [-0.2, -0.15) is 0 Å². The number of alkyl halides is 1. The predicted octanol–water partition coefficient (Wildman–Crippen LogP) is 2.27. The van der Waals surface area contributed by atoms with Crippen LogP contribution in [0.15, 0.2) is 48.5 Å². The van der Waals surface area contributed by atoms with E-state index in [0.717, 1.165) is 11.1 Å². The van der Waals surface area contributed by atoms with Crippen LogP contribution in [-0.4, -0.2) is 17.8 Å². The smallest absolute Gasteiger partial charge is 0.107 e. The van der Waals surface area contributed by atoms with Crippen LogP contribution in [0.2, 0.25) is 0 Å². The largest absolute Gasteiger partial charge is 0.399 e. The molecule has 5 N–H and O–H groups in total. The Morgan fingerprint density at radius 2 is 1.42 bits per heavy atom. The number of aliphatic hydroxyl groups excluding tert-OH is 1. The van der Waals surface area contributed by atoms with Crippen LogP contribution in [0.5, 0.6) is 0 Å². The number of benzene rings is 2. The molecular formula is C15H17FN2O. The number of rotatable bonds is 4. The first-order valence-electron chi connectivity index (χ1n) is 6.07. The maximum atomic E-state index is 12.4. The molecular weight excluding hydrogens is 243 g/mol. The highest BCUT2D eigenvalue weighted by Gasteiger charge is 2.16. The highest BCUT2D eigenvalue weighted by molar-refractivity contribution is 5.65. The zero-order valence-corrected chi connectivity index (χ0v) is 10.5. The Morgan fingerprint density at radius 1 is 0.947 bits per heavy atom. The van der Waals surface area contributed by atoms with Gasteiger partial charge in [0.2, 0.25) is 0 Å². The first-order valence-corrected chi connectivity index (χ1v) is 6.07. The molecule has 0 aliphatic rings. The van der Waals surface area contributed by atoms with E-state index < -0.39 is 18.8 Å². The SMILES string of the molecule is Nc1ccc(-c2ccc([C@@H](O)[C@H](N)CF)cc2)cc1. The molecule has 2 atom stereocenters. The van der Waals surface area contributed by atoms with Gasteiger partial charge in [-0.3, -0.25) is 0 Å². The molecule has 19 heavy (non-hydrogen) atoms. The summed E-state index contributed by atoms with van der Waals surface area (Å²) < 4.78 is 12.4. The summed E-state index contributed by atoms with van der Waals surface area (Å²) in [5, 5.41) is 9.81. The minimum absolute atomic E-state index is 0.615. The first-order chi connectivity index (χ1) is 9.11. The molecule has 0 saturated carbocycles. The third-order valence-corrected chi connectivity index (χ3v) is 3.08. The molecule has 0 amide bonds. The van der Waals surface area contributed by atoms with Gasteiger partial charge in [-0.05, 0) is 28.8 Å². The van der Waals surface area contributed by atoms with Crippen LogP contribution >= 0.6 is 0 Å². The van der Waals surface area contributed by atoms with Gasteiger partial charge in [0.1, 0.15) is 6.67 Å². The summed E-state index contributed by atoms with van der Waals surface area (Å²) in [5.41, 5.74) is 14.5. The van der Waals surface area contributed by atoms with Gasteiger partial charge in [0.05, 0.1) is 12.1 Å². The van der Waals surface area contributed by atoms with E-state index in [1.807, 2.05) is 36.4 Å². The molecule has 0 aliphatic heterocycles. The van der Waals surface area contributed by atoms with Gasteiger partial charge >= 0.3 is 0 Å². The zero-order chi connectivity index (χ0) is 13.8. The quantitative estimate of drug-likeness (QED) is 0.738. The van der Waals surface area contributed by atoms with Gasteiger partial charge in [0.25, 0.3) is 0 Å². The Bertz CT molecular complexity index is 525. The molecule has 0 saturated heterocycles. The normalized spacial score (nSPS) is 14.1. The number of hydrogen-bond donors (Lipinski definition) is 3.